The van der Waals surface area contributed by atoms with Gasteiger partial charge >= 0.3 is 0 Å². The number of anilines is 1. The van der Waals surface area contributed by atoms with Crippen molar-refractivity contribution in [3.05, 3.63) is 23.0 Å². The summed E-state index contributed by atoms with van der Waals surface area (Å²) in [5, 5.41) is 0. The zero-order valence-electron chi connectivity index (χ0n) is 12.2. The molecular formula is C15H23N3O. The summed E-state index contributed by atoms with van der Waals surface area (Å²) < 4.78 is 0. The van der Waals surface area contributed by atoms with Crippen LogP contribution in [0.25, 0.3) is 0 Å². The van der Waals surface area contributed by atoms with Gasteiger partial charge in [-0.2, -0.15) is 0 Å². The Kier molecular flexibility index (Phi) is 3.78. The quantitative estimate of drug-likeness (QED) is 0.908. The maximum Gasteiger partial charge on any atom is 0.223 e. The van der Waals surface area contributed by atoms with Gasteiger partial charge in [0.15, 0.2) is 0 Å². The fraction of sp³-hybridized carbons (Fsp3) is 0.600. The minimum absolute atomic E-state index is 0.235. The molecule has 1 atom stereocenters. The van der Waals surface area contributed by atoms with Crippen molar-refractivity contribution in [2.24, 2.45) is 11.8 Å². The molecule has 0 saturated carbocycles. The summed E-state index contributed by atoms with van der Waals surface area (Å²) in [7, 11) is 0. The van der Waals surface area contributed by atoms with Crippen molar-refractivity contribution in [1.82, 2.24) is 9.88 Å². The van der Waals surface area contributed by atoms with Gasteiger partial charge in [0.25, 0.3) is 0 Å². The van der Waals surface area contributed by atoms with E-state index in [0.717, 1.165) is 29.1 Å². The molecule has 0 aromatic carbocycles. The SMILES string of the molecule is Cc1cnc(CN2CC(C(C)C)CC2=O)c(C)c1N. The number of aryl methyl sites for hydroxylation is 1. The minimum Gasteiger partial charge on any atom is -0.398 e. The van der Waals surface area contributed by atoms with Crippen molar-refractivity contribution in [3.8, 4) is 0 Å². The summed E-state index contributed by atoms with van der Waals surface area (Å²) in [4.78, 5) is 18.4. The van der Waals surface area contributed by atoms with Crippen LogP contribution in [0.3, 0.4) is 0 Å². The van der Waals surface area contributed by atoms with Gasteiger partial charge < -0.3 is 10.6 Å². The van der Waals surface area contributed by atoms with E-state index in [1.807, 2.05) is 18.7 Å². The van der Waals surface area contributed by atoms with Crippen LogP contribution in [0, 0.1) is 25.7 Å². The lowest BCUT2D eigenvalue weighted by molar-refractivity contribution is -0.128. The van der Waals surface area contributed by atoms with Crippen LogP contribution in [0.1, 0.15) is 37.1 Å². The molecule has 1 fully saturated rings. The first-order chi connectivity index (χ1) is 8.90. The number of pyridine rings is 1. The second-order valence-corrected chi connectivity index (χ2v) is 5.91. The molecule has 104 valence electrons. The second kappa shape index (κ2) is 5.19. The Morgan fingerprint density at radius 2 is 2.16 bits per heavy atom. The van der Waals surface area contributed by atoms with Gasteiger partial charge in [-0.3, -0.25) is 9.78 Å². The van der Waals surface area contributed by atoms with E-state index in [1.165, 1.54) is 0 Å². The minimum atomic E-state index is 0.235. The summed E-state index contributed by atoms with van der Waals surface area (Å²) in [6, 6.07) is 0. The number of hydrogen-bond acceptors (Lipinski definition) is 3. The van der Waals surface area contributed by atoms with Crippen molar-refractivity contribution in [2.75, 3.05) is 12.3 Å². The smallest absolute Gasteiger partial charge is 0.223 e. The number of carbonyl (C=O) groups is 1. The van der Waals surface area contributed by atoms with Crippen LogP contribution in [0.5, 0.6) is 0 Å². The average molecular weight is 261 g/mol. The van der Waals surface area contributed by atoms with Crippen LogP contribution in [0.2, 0.25) is 0 Å². The molecule has 1 saturated heterocycles. The fourth-order valence-corrected chi connectivity index (χ4v) is 2.53. The van der Waals surface area contributed by atoms with Gasteiger partial charge in [-0.1, -0.05) is 13.8 Å². The molecule has 1 aliphatic heterocycles. The zero-order valence-corrected chi connectivity index (χ0v) is 12.2. The number of amides is 1. The molecule has 2 rings (SSSR count). The summed E-state index contributed by atoms with van der Waals surface area (Å²) >= 11 is 0. The molecule has 4 heteroatoms. The number of aromatic nitrogens is 1. The zero-order chi connectivity index (χ0) is 14.2. The first kappa shape index (κ1) is 13.8. The predicted octanol–water partition coefficient (Wildman–Crippen LogP) is 2.29. The highest BCUT2D eigenvalue weighted by Crippen LogP contribution is 2.27. The first-order valence-corrected chi connectivity index (χ1v) is 6.88. The lowest BCUT2D eigenvalue weighted by atomic mass is 9.95. The molecule has 0 aliphatic carbocycles. The van der Waals surface area contributed by atoms with Gasteiger partial charge in [0.2, 0.25) is 5.91 Å². The number of nitrogens with two attached hydrogens (primary N) is 1. The van der Waals surface area contributed by atoms with E-state index in [-0.39, 0.29) is 5.91 Å². The monoisotopic (exact) mass is 261 g/mol. The third-order valence-corrected chi connectivity index (χ3v) is 4.20. The maximum absolute atomic E-state index is 12.0. The lowest BCUT2D eigenvalue weighted by Crippen LogP contribution is -2.26. The maximum atomic E-state index is 12.0. The van der Waals surface area contributed by atoms with Gasteiger partial charge in [0, 0.05) is 24.8 Å². The van der Waals surface area contributed by atoms with E-state index >= 15 is 0 Å². The van der Waals surface area contributed by atoms with E-state index in [0.29, 0.717) is 24.8 Å². The molecule has 2 N–H and O–H groups in total. The van der Waals surface area contributed by atoms with E-state index in [4.69, 9.17) is 5.73 Å². The highest BCUT2D eigenvalue weighted by Gasteiger charge is 2.31. The average Bonchev–Trinajstić information content (AvgIpc) is 2.72. The van der Waals surface area contributed by atoms with Crippen LogP contribution in [-0.2, 0) is 11.3 Å². The van der Waals surface area contributed by atoms with E-state index in [9.17, 15) is 4.79 Å². The Morgan fingerprint density at radius 3 is 2.74 bits per heavy atom. The highest BCUT2D eigenvalue weighted by atomic mass is 16.2. The highest BCUT2D eigenvalue weighted by molar-refractivity contribution is 5.78. The van der Waals surface area contributed by atoms with E-state index in [2.05, 4.69) is 18.8 Å². The van der Waals surface area contributed by atoms with Crippen molar-refractivity contribution < 1.29 is 4.79 Å². The summed E-state index contributed by atoms with van der Waals surface area (Å²) in [6.07, 6.45) is 2.45. The van der Waals surface area contributed by atoms with Gasteiger partial charge in [0.05, 0.1) is 12.2 Å². The van der Waals surface area contributed by atoms with Gasteiger partial charge in [-0.05, 0) is 36.8 Å². The molecular weight excluding hydrogens is 238 g/mol. The normalized spacial score (nSPS) is 19.5. The molecule has 0 bridgehead atoms. The van der Waals surface area contributed by atoms with Crippen LogP contribution in [0.15, 0.2) is 6.20 Å². The first-order valence-electron chi connectivity index (χ1n) is 6.88. The van der Waals surface area contributed by atoms with Crippen LogP contribution in [0.4, 0.5) is 5.69 Å². The van der Waals surface area contributed by atoms with Gasteiger partial charge in [-0.25, -0.2) is 0 Å². The molecule has 1 unspecified atom stereocenters. The Balaban J connectivity index is 2.14. The Bertz CT molecular complexity index is 496. The molecule has 0 spiro atoms. The Morgan fingerprint density at radius 1 is 1.47 bits per heavy atom. The van der Waals surface area contributed by atoms with Crippen molar-refractivity contribution in [2.45, 2.75) is 40.7 Å². The molecule has 4 nitrogen and oxygen atoms in total. The van der Waals surface area contributed by atoms with Gasteiger partial charge in [-0.15, -0.1) is 0 Å². The Labute approximate surface area is 115 Å². The summed E-state index contributed by atoms with van der Waals surface area (Å²) in [6.45, 7) is 9.70. The van der Waals surface area contributed by atoms with Gasteiger partial charge in [0.1, 0.15) is 0 Å². The summed E-state index contributed by atoms with van der Waals surface area (Å²) in [5.74, 6) is 1.25. The molecule has 1 aliphatic rings. The topological polar surface area (TPSA) is 59.2 Å². The fourth-order valence-electron chi connectivity index (χ4n) is 2.53. The number of rotatable bonds is 3. The molecule has 1 amide bonds. The molecule has 0 radical (unpaired) electrons. The molecule has 2 heterocycles. The third kappa shape index (κ3) is 2.72. The number of nitrogen functional groups attached to an aromatic ring is 1. The van der Waals surface area contributed by atoms with Crippen molar-refractivity contribution in [1.29, 1.82) is 0 Å². The Hall–Kier alpha value is -1.58. The summed E-state index contributed by atoms with van der Waals surface area (Å²) in [5.41, 5.74) is 9.73. The van der Waals surface area contributed by atoms with Crippen LogP contribution < -0.4 is 5.73 Å². The number of hydrogen-bond donors (Lipinski definition) is 1. The number of nitrogens with zero attached hydrogens (tertiary/aromatic N) is 2. The van der Waals surface area contributed by atoms with Crippen LogP contribution in [-0.4, -0.2) is 22.3 Å². The van der Waals surface area contributed by atoms with Crippen LogP contribution >= 0.6 is 0 Å². The van der Waals surface area contributed by atoms with E-state index < -0.39 is 0 Å². The predicted molar refractivity (Wildman–Crippen MR) is 76.5 cm³/mol. The van der Waals surface area contributed by atoms with Crippen molar-refractivity contribution >= 4 is 11.6 Å². The molecule has 1 aromatic heterocycles. The molecule has 19 heavy (non-hydrogen) atoms. The third-order valence-electron chi connectivity index (χ3n) is 4.20. The number of carbonyl (C=O) groups excluding carboxylic acids is 1. The van der Waals surface area contributed by atoms with Crippen molar-refractivity contribution in [3.63, 3.8) is 0 Å². The van der Waals surface area contributed by atoms with E-state index in [1.54, 1.807) is 6.20 Å². The molecule has 1 aromatic rings. The number of likely N-dealkylation sites (tertiary alicyclic amines) is 1. The lowest BCUT2D eigenvalue weighted by Gasteiger charge is -2.19. The second-order valence-electron chi connectivity index (χ2n) is 5.91. The largest absolute Gasteiger partial charge is 0.398 e. The standard InChI is InChI=1S/C15H23N3O/c1-9(2)12-5-14(19)18(7-12)8-13-11(4)15(16)10(3)6-17-13/h6,9,12H,5,7-8H2,1-4H3,(H2,16,17).